The maximum Gasteiger partial charge on any atom is 0.501 e. The molecule has 0 radical (unpaired) electrons. The lowest BCUT2D eigenvalue weighted by Gasteiger charge is -2.05. The molecule has 1 aromatic heterocycles. The van der Waals surface area contributed by atoms with E-state index in [1.807, 2.05) is 0 Å². The smallest absolute Gasteiger partial charge is 0.332 e. The number of nitrogens with zero attached hydrogens (tertiary/aromatic N) is 2. The average Bonchev–Trinajstić information content (AvgIpc) is 2.83. The first kappa shape index (κ1) is 16.4. The monoisotopic (exact) mass is 348 g/mol. The van der Waals surface area contributed by atoms with Gasteiger partial charge in [0, 0.05) is 11.2 Å². The quantitative estimate of drug-likeness (QED) is 0.851. The molecule has 2 aromatic rings. The molecular weight excluding hydrogens is 341 g/mol. The Morgan fingerprint density at radius 3 is 2.32 bits per heavy atom. The van der Waals surface area contributed by atoms with Crippen LogP contribution in [0.1, 0.15) is 0 Å². The van der Waals surface area contributed by atoms with E-state index >= 15 is 0 Å². The zero-order valence-electron chi connectivity index (χ0n) is 10.8. The zero-order chi connectivity index (χ0) is 16.5. The third-order valence-corrected chi connectivity index (χ3v) is 4.57. The average molecular weight is 349 g/mol. The molecule has 0 saturated carbocycles. The van der Waals surface area contributed by atoms with Crippen LogP contribution in [-0.2, 0) is 16.4 Å². The lowest BCUT2D eigenvalue weighted by Crippen LogP contribution is -2.22. The van der Waals surface area contributed by atoms with Gasteiger partial charge < -0.3 is 4.57 Å². The molecule has 0 aliphatic heterocycles. The highest BCUT2D eigenvalue weighted by Crippen LogP contribution is 2.34. The molecule has 2 rings (SSSR count). The van der Waals surface area contributed by atoms with E-state index in [0.717, 1.165) is 16.8 Å². The van der Waals surface area contributed by atoms with Gasteiger partial charge >= 0.3 is 5.51 Å². The Morgan fingerprint density at radius 2 is 1.82 bits per heavy atom. The van der Waals surface area contributed by atoms with Crippen molar-refractivity contribution in [2.45, 2.75) is 16.9 Å². The van der Waals surface area contributed by atoms with Crippen LogP contribution in [-0.4, -0.2) is 18.5 Å². The molecule has 22 heavy (non-hydrogen) atoms. The van der Waals surface area contributed by atoms with E-state index in [1.165, 1.54) is 24.3 Å². The number of nitriles is 1. The van der Waals surface area contributed by atoms with E-state index in [4.69, 9.17) is 16.9 Å². The number of halogens is 4. The molecule has 0 bridgehead atoms. The first-order valence-electron chi connectivity index (χ1n) is 5.81. The molecule has 0 N–H and O–H groups in total. The van der Waals surface area contributed by atoms with Crippen LogP contribution in [0.25, 0.3) is 11.3 Å². The minimum absolute atomic E-state index is 0.182. The summed E-state index contributed by atoms with van der Waals surface area (Å²) >= 11 is 5.73. The Balaban J connectivity index is 2.61. The van der Waals surface area contributed by atoms with Gasteiger partial charge in [-0.2, -0.15) is 18.4 Å². The molecule has 0 aliphatic carbocycles. The van der Waals surface area contributed by atoms with Crippen molar-refractivity contribution >= 4 is 21.4 Å². The molecule has 9 heteroatoms. The number of alkyl halides is 3. The number of hydrogen-bond donors (Lipinski definition) is 0. The molecular formula is C13H8ClF3N2O2S. The summed E-state index contributed by atoms with van der Waals surface area (Å²) in [6.45, 7) is -0.286. The second-order valence-electron chi connectivity index (χ2n) is 4.30. The van der Waals surface area contributed by atoms with Crippen molar-refractivity contribution in [3.63, 3.8) is 0 Å². The highest BCUT2D eigenvalue weighted by molar-refractivity contribution is 7.92. The van der Waals surface area contributed by atoms with Crippen LogP contribution in [0.4, 0.5) is 13.2 Å². The number of hydrogen-bond acceptors (Lipinski definition) is 3. The summed E-state index contributed by atoms with van der Waals surface area (Å²) in [4.78, 5) is -0.903. The van der Waals surface area contributed by atoms with Gasteiger partial charge in [0.1, 0.15) is 6.54 Å². The van der Waals surface area contributed by atoms with Crippen molar-refractivity contribution in [2.24, 2.45) is 0 Å². The van der Waals surface area contributed by atoms with Crippen molar-refractivity contribution < 1.29 is 21.6 Å². The molecule has 0 amide bonds. The van der Waals surface area contributed by atoms with Crippen LogP contribution in [0.3, 0.4) is 0 Å². The van der Waals surface area contributed by atoms with E-state index in [1.54, 1.807) is 6.07 Å². The van der Waals surface area contributed by atoms with Gasteiger partial charge in [-0.25, -0.2) is 8.42 Å². The normalized spacial score (nSPS) is 12.1. The highest BCUT2D eigenvalue weighted by atomic mass is 35.5. The largest absolute Gasteiger partial charge is 0.501 e. The number of benzene rings is 1. The predicted octanol–water partition coefficient (Wildman–Crippen LogP) is 3.63. The SMILES string of the molecule is N#CCn1cc(S(=O)(=O)C(F)(F)F)cc1-c1ccc(Cl)cc1. The van der Waals surface area contributed by atoms with Crippen LogP contribution >= 0.6 is 11.6 Å². The van der Waals surface area contributed by atoms with Gasteiger partial charge in [0.15, 0.2) is 0 Å². The predicted molar refractivity (Wildman–Crippen MR) is 73.7 cm³/mol. The number of sulfone groups is 1. The summed E-state index contributed by atoms with van der Waals surface area (Å²) in [6.07, 6.45) is 0.802. The summed E-state index contributed by atoms with van der Waals surface area (Å²) in [5, 5.41) is 9.17. The summed E-state index contributed by atoms with van der Waals surface area (Å²) in [5.74, 6) is 0. The second kappa shape index (κ2) is 5.66. The Kier molecular flexibility index (Phi) is 4.22. The molecule has 0 atom stereocenters. The standard InChI is InChI=1S/C13H8ClF3N2O2S/c14-10-3-1-9(2-4-10)12-7-11(8-19(12)6-5-18)22(20,21)13(15,16)17/h1-4,7-8H,6H2. The fourth-order valence-electron chi connectivity index (χ4n) is 1.84. The van der Waals surface area contributed by atoms with Gasteiger partial charge in [-0.3, -0.25) is 0 Å². The highest BCUT2D eigenvalue weighted by Gasteiger charge is 2.47. The maximum absolute atomic E-state index is 12.6. The van der Waals surface area contributed by atoms with Gasteiger partial charge in [0.25, 0.3) is 9.84 Å². The molecule has 1 aromatic carbocycles. The third-order valence-electron chi connectivity index (χ3n) is 2.87. The van der Waals surface area contributed by atoms with E-state index in [0.29, 0.717) is 10.6 Å². The van der Waals surface area contributed by atoms with Crippen molar-refractivity contribution in [2.75, 3.05) is 0 Å². The lowest BCUT2D eigenvalue weighted by atomic mass is 10.1. The van der Waals surface area contributed by atoms with E-state index in [9.17, 15) is 21.6 Å². The second-order valence-corrected chi connectivity index (χ2v) is 6.68. The molecule has 1 heterocycles. The Morgan fingerprint density at radius 1 is 1.23 bits per heavy atom. The van der Waals surface area contributed by atoms with E-state index in [-0.39, 0.29) is 12.2 Å². The minimum atomic E-state index is -5.47. The summed E-state index contributed by atoms with van der Waals surface area (Å²) in [7, 11) is -5.47. The zero-order valence-corrected chi connectivity index (χ0v) is 12.4. The molecule has 0 aliphatic rings. The first-order chi connectivity index (χ1) is 10.2. The van der Waals surface area contributed by atoms with E-state index < -0.39 is 20.2 Å². The van der Waals surface area contributed by atoms with Crippen LogP contribution < -0.4 is 0 Å². The Labute approximate surface area is 129 Å². The minimum Gasteiger partial charge on any atom is -0.332 e. The number of aromatic nitrogens is 1. The van der Waals surface area contributed by atoms with Gasteiger partial charge in [-0.1, -0.05) is 23.7 Å². The third kappa shape index (κ3) is 2.96. The number of rotatable bonds is 3. The topological polar surface area (TPSA) is 62.9 Å². The van der Waals surface area contributed by atoms with Gasteiger partial charge in [-0.15, -0.1) is 0 Å². The Hall–Kier alpha value is -1.98. The fourth-order valence-corrected chi connectivity index (χ4v) is 2.76. The Bertz CT molecular complexity index is 834. The summed E-state index contributed by atoms with van der Waals surface area (Å²) in [6, 6.07) is 8.73. The van der Waals surface area contributed by atoms with Crippen LogP contribution in [0.5, 0.6) is 0 Å². The molecule has 0 fully saturated rings. The fraction of sp³-hybridized carbons (Fsp3) is 0.154. The van der Waals surface area contributed by atoms with Crippen LogP contribution in [0, 0.1) is 11.3 Å². The summed E-state index contributed by atoms with van der Waals surface area (Å²) in [5.41, 5.74) is -4.77. The summed E-state index contributed by atoms with van der Waals surface area (Å²) < 4.78 is 61.9. The van der Waals surface area contributed by atoms with Crippen molar-refractivity contribution in [3.05, 3.63) is 41.6 Å². The molecule has 0 saturated heterocycles. The molecule has 4 nitrogen and oxygen atoms in total. The molecule has 116 valence electrons. The lowest BCUT2D eigenvalue weighted by molar-refractivity contribution is -0.0436. The molecule has 0 unspecified atom stereocenters. The first-order valence-corrected chi connectivity index (χ1v) is 7.67. The van der Waals surface area contributed by atoms with Crippen LogP contribution in [0.2, 0.25) is 5.02 Å². The van der Waals surface area contributed by atoms with Crippen molar-refractivity contribution in [1.82, 2.24) is 4.57 Å². The van der Waals surface area contributed by atoms with Gasteiger partial charge in [-0.05, 0) is 23.8 Å². The van der Waals surface area contributed by atoms with Gasteiger partial charge in [0.05, 0.1) is 16.7 Å². The van der Waals surface area contributed by atoms with Crippen molar-refractivity contribution in [3.8, 4) is 17.3 Å². The maximum atomic E-state index is 12.6. The molecule has 0 spiro atoms. The van der Waals surface area contributed by atoms with E-state index in [2.05, 4.69) is 0 Å². The van der Waals surface area contributed by atoms with Gasteiger partial charge in [0.2, 0.25) is 0 Å². The van der Waals surface area contributed by atoms with Crippen molar-refractivity contribution in [1.29, 1.82) is 5.26 Å². The van der Waals surface area contributed by atoms with Crippen LogP contribution in [0.15, 0.2) is 41.4 Å².